The third kappa shape index (κ3) is 2.71. The van der Waals surface area contributed by atoms with Crippen LogP contribution in [0.5, 0.6) is 11.5 Å². The minimum Gasteiger partial charge on any atom is -0.504 e. The smallest absolute Gasteiger partial charge is 0.162 e. The van der Waals surface area contributed by atoms with Crippen molar-refractivity contribution in [1.82, 2.24) is 0 Å². The zero-order valence-corrected chi connectivity index (χ0v) is 10.6. The summed E-state index contributed by atoms with van der Waals surface area (Å²) in [6.07, 6.45) is 0. The van der Waals surface area contributed by atoms with E-state index in [-0.39, 0.29) is 11.5 Å². The highest BCUT2D eigenvalue weighted by Gasteiger charge is 2.05. The maximum atomic E-state index is 9.64. The summed E-state index contributed by atoms with van der Waals surface area (Å²) in [5, 5.41) is 22.2. The van der Waals surface area contributed by atoms with Gasteiger partial charge in [0.05, 0.1) is 0 Å². The largest absolute Gasteiger partial charge is 0.504 e. The summed E-state index contributed by atoms with van der Waals surface area (Å²) >= 11 is 3.43. The van der Waals surface area contributed by atoms with Crippen molar-refractivity contribution in [1.29, 1.82) is 0 Å². The van der Waals surface area contributed by atoms with Gasteiger partial charge in [0, 0.05) is 22.3 Å². The molecule has 0 aliphatic carbocycles. The van der Waals surface area contributed by atoms with Crippen molar-refractivity contribution in [3.63, 3.8) is 0 Å². The topological polar surface area (TPSA) is 52.5 Å². The number of hydrogen-bond acceptors (Lipinski definition) is 3. The fraction of sp³-hybridized carbons (Fsp3) is 0.0769. The van der Waals surface area contributed by atoms with Gasteiger partial charge in [-0.15, -0.1) is 0 Å². The Morgan fingerprint density at radius 3 is 2.53 bits per heavy atom. The van der Waals surface area contributed by atoms with Crippen LogP contribution in [0, 0.1) is 0 Å². The zero-order chi connectivity index (χ0) is 12.3. The van der Waals surface area contributed by atoms with Gasteiger partial charge in [-0.3, -0.25) is 0 Å². The van der Waals surface area contributed by atoms with Gasteiger partial charge in [-0.25, -0.2) is 0 Å². The van der Waals surface area contributed by atoms with Crippen molar-refractivity contribution >= 4 is 21.6 Å². The molecule has 88 valence electrons. The van der Waals surface area contributed by atoms with Crippen molar-refractivity contribution < 1.29 is 10.2 Å². The Morgan fingerprint density at radius 2 is 1.76 bits per heavy atom. The van der Waals surface area contributed by atoms with Gasteiger partial charge in [0.15, 0.2) is 11.5 Å². The molecule has 2 rings (SSSR count). The van der Waals surface area contributed by atoms with E-state index in [1.54, 1.807) is 12.1 Å². The molecule has 0 saturated heterocycles. The third-order valence-corrected chi connectivity index (χ3v) is 3.13. The van der Waals surface area contributed by atoms with Crippen molar-refractivity contribution in [2.45, 2.75) is 6.54 Å². The molecule has 3 nitrogen and oxygen atoms in total. The van der Waals surface area contributed by atoms with Gasteiger partial charge >= 0.3 is 0 Å². The van der Waals surface area contributed by atoms with Crippen LogP contribution < -0.4 is 5.32 Å². The molecule has 2 aromatic rings. The summed E-state index contributed by atoms with van der Waals surface area (Å²) in [6, 6.07) is 12.6. The minimum absolute atomic E-state index is 0.0768. The molecular formula is C13H12BrNO2. The van der Waals surface area contributed by atoms with Crippen molar-refractivity contribution in [2.75, 3.05) is 5.32 Å². The molecule has 0 unspecified atom stereocenters. The highest BCUT2D eigenvalue weighted by atomic mass is 79.9. The van der Waals surface area contributed by atoms with Gasteiger partial charge in [-0.05, 0) is 34.1 Å². The van der Waals surface area contributed by atoms with Gasteiger partial charge in [-0.2, -0.15) is 0 Å². The van der Waals surface area contributed by atoms with E-state index in [1.165, 1.54) is 6.07 Å². The number of phenols is 2. The van der Waals surface area contributed by atoms with Gasteiger partial charge in [0.1, 0.15) is 0 Å². The molecule has 0 bridgehead atoms. The van der Waals surface area contributed by atoms with Crippen LogP contribution >= 0.6 is 15.9 Å². The van der Waals surface area contributed by atoms with Gasteiger partial charge in [0.25, 0.3) is 0 Å². The van der Waals surface area contributed by atoms with E-state index in [9.17, 15) is 10.2 Å². The Bertz CT molecular complexity index is 529. The lowest BCUT2D eigenvalue weighted by atomic mass is 10.2. The van der Waals surface area contributed by atoms with Crippen LogP contribution in [0.4, 0.5) is 5.69 Å². The summed E-state index contributed by atoms with van der Waals surface area (Å²) in [6.45, 7) is 0.447. The first-order valence-corrected chi connectivity index (χ1v) is 5.96. The highest BCUT2D eigenvalue weighted by molar-refractivity contribution is 9.10. The van der Waals surface area contributed by atoms with E-state index in [1.807, 2.05) is 24.3 Å². The number of para-hydroxylation sites is 2. The number of halogens is 1. The quantitative estimate of drug-likeness (QED) is 0.760. The normalized spacial score (nSPS) is 10.2. The summed E-state index contributed by atoms with van der Waals surface area (Å²) in [4.78, 5) is 0. The molecule has 3 N–H and O–H groups in total. The third-order valence-electron chi connectivity index (χ3n) is 2.44. The molecule has 0 aliphatic heterocycles. The highest BCUT2D eigenvalue weighted by Crippen LogP contribution is 2.29. The summed E-state index contributed by atoms with van der Waals surface area (Å²) in [7, 11) is 0. The Balaban J connectivity index is 2.13. The van der Waals surface area contributed by atoms with Crippen LogP contribution in [-0.2, 0) is 6.54 Å². The lowest BCUT2D eigenvalue weighted by Crippen LogP contribution is -2.00. The molecule has 0 atom stereocenters. The first-order valence-electron chi connectivity index (χ1n) is 5.16. The minimum atomic E-state index is -0.101. The second kappa shape index (κ2) is 5.10. The van der Waals surface area contributed by atoms with Crippen LogP contribution in [0.25, 0.3) is 0 Å². The van der Waals surface area contributed by atoms with Gasteiger partial charge < -0.3 is 15.5 Å². The molecule has 0 heterocycles. The predicted octanol–water partition coefficient (Wildman–Crippen LogP) is 3.47. The van der Waals surface area contributed by atoms with Crippen molar-refractivity contribution in [3.05, 3.63) is 52.5 Å². The number of nitrogens with one attached hydrogen (secondary N) is 1. The maximum absolute atomic E-state index is 9.64. The average Bonchev–Trinajstić information content (AvgIpc) is 2.33. The molecule has 0 aliphatic rings. The molecule has 0 fully saturated rings. The summed E-state index contributed by atoms with van der Waals surface area (Å²) in [5.41, 5.74) is 1.59. The van der Waals surface area contributed by atoms with E-state index >= 15 is 0 Å². The molecule has 2 aromatic carbocycles. The number of aromatic hydroxyl groups is 2. The van der Waals surface area contributed by atoms with E-state index in [0.717, 1.165) is 10.2 Å². The standard InChI is InChI=1S/C13H12BrNO2/c14-10-5-1-2-6-11(10)15-8-9-4-3-7-12(16)13(9)17/h1-7,15-17H,8H2. The SMILES string of the molecule is Oc1cccc(CNc2ccccc2Br)c1O. The Morgan fingerprint density at radius 1 is 1.00 bits per heavy atom. The summed E-state index contributed by atoms with van der Waals surface area (Å²) < 4.78 is 0.958. The van der Waals surface area contributed by atoms with E-state index in [0.29, 0.717) is 12.1 Å². The molecule has 0 spiro atoms. The first kappa shape index (κ1) is 11.8. The van der Waals surface area contributed by atoms with Crippen LogP contribution in [0.1, 0.15) is 5.56 Å². The van der Waals surface area contributed by atoms with Crippen LogP contribution in [-0.4, -0.2) is 10.2 Å². The fourth-order valence-electron chi connectivity index (χ4n) is 1.52. The van der Waals surface area contributed by atoms with Crippen molar-refractivity contribution in [2.24, 2.45) is 0 Å². The van der Waals surface area contributed by atoms with Crippen molar-refractivity contribution in [3.8, 4) is 11.5 Å². The molecule has 0 saturated carbocycles. The number of rotatable bonds is 3. The first-order chi connectivity index (χ1) is 8.18. The monoisotopic (exact) mass is 293 g/mol. The Hall–Kier alpha value is -1.68. The van der Waals surface area contributed by atoms with Crippen LogP contribution in [0.15, 0.2) is 46.9 Å². The van der Waals surface area contributed by atoms with E-state index in [2.05, 4.69) is 21.2 Å². The molecule has 0 aromatic heterocycles. The number of hydrogen-bond donors (Lipinski definition) is 3. The number of benzene rings is 2. The average molecular weight is 294 g/mol. The molecule has 4 heteroatoms. The Labute approximate surface area is 108 Å². The summed E-state index contributed by atoms with van der Waals surface area (Å²) in [5.74, 6) is -0.177. The fourth-order valence-corrected chi connectivity index (χ4v) is 1.94. The molecular weight excluding hydrogens is 282 g/mol. The van der Waals surface area contributed by atoms with Gasteiger partial charge in [0.2, 0.25) is 0 Å². The second-order valence-corrected chi connectivity index (χ2v) is 4.47. The lowest BCUT2D eigenvalue weighted by molar-refractivity contribution is 0.400. The van der Waals surface area contributed by atoms with Crippen LogP contribution in [0.3, 0.4) is 0 Å². The lowest BCUT2D eigenvalue weighted by Gasteiger charge is -2.10. The second-order valence-electron chi connectivity index (χ2n) is 3.62. The molecule has 0 amide bonds. The molecule has 17 heavy (non-hydrogen) atoms. The number of phenolic OH excluding ortho intramolecular Hbond substituents is 2. The zero-order valence-electron chi connectivity index (χ0n) is 9.02. The van der Waals surface area contributed by atoms with E-state index < -0.39 is 0 Å². The molecule has 0 radical (unpaired) electrons. The van der Waals surface area contributed by atoms with Gasteiger partial charge in [-0.1, -0.05) is 24.3 Å². The number of anilines is 1. The van der Waals surface area contributed by atoms with E-state index in [4.69, 9.17) is 0 Å². The predicted molar refractivity (Wildman–Crippen MR) is 71.2 cm³/mol. The maximum Gasteiger partial charge on any atom is 0.162 e. The Kier molecular flexibility index (Phi) is 3.54. The van der Waals surface area contributed by atoms with Crippen LogP contribution in [0.2, 0.25) is 0 Å².